The highest BCUT2D eigenvalue weighted by atomic mass is 16.5. The van der Waals surface area contributed by atoms with Gasteiger partial charge >= 0.3 is 6.09 Å². The first kappa shape index (κ1) is 18.8. The van der Waals surface area contributed by atoms with Crippen LogP contribution in [0.5, 0.6) is 11.5 Å². The van der Waals surface area contributed by atoms with E-state index in [1.54, 1.807) is 6.20 Å². The third-order valence-electron chi connectivity index (χ3n) is 4.48. The van der Waals surface area contributed by atoms with Crippen molar-refractivity contribution >= 4 is 11.9 Å². The molecule has 2 aromatic rings. The molecule has 0 unspecified atom stereocenters. The topological polar surface area (TPSA) is 107 Å². The lowest BCUT2D eigenvalue weighted by Crippen LogP contribution is -2.44. The van der Waals surface area contributed by atoms with Crippen LogP contribution in [0.25, 0.3) is 11.1 Å². The van der Waals surface area contributed by atoms with Crippen molar-refractivity contribution in [3.63, 3.8) is 0 Å². The predicted molar refractivity (Wildman–Crippen MR) is 103 cm³/mol. The number of aromatic nitrogens is 1. The second-order valence-electron chi connectivity index (χ2n) is 7.65. The van der Waals surface area contributed by atoms with Gasteiger partial charge in [-0.3, -0.25) is 0 Å². The number of nitrogens with one attached hydrogen (secondary N) is 1. The van der Waals surface area contributed by atoms with E-state index in [1.165, 1.54) is 0 Å². The fourth-order valence-electron chi connectivity index (χ4n) is 3.49. The highest BCUT2D eigenvalue weighted by molar-refractivity contribution is 5.77. The Balaban J connectivity index is 1.66. The van der Waals surface area contributed by atoms with Gasteiger partial charge in [0, 0.05) is 16.7 Å². The van der Waals surface area contributed by atoms with Gasteiger partial charge in [0.2, 0.25) is 0 Å². The lowest BCUT2D eigenvalue weighted by Gasteiger charge is -2.28. The van der Waals surface area contributed by atoms with Crippen molar-refractivity contribution in [3.05, 3.63) is 36.0 Å². The maximum Gasteiger partial charge on any atom is 0.405 e. The number of carboxylic acid groups (broad SMARTS) is 1. The molecule has 2 heterocycles. The Morgan fingerprint density at radius 2 is 2.19 bits per heavy atom. The maximum absolute atomic E-state index is 10.9. The first-order valence-corrected chi connectivity index (χ1v) is 8.89. The Morgan fingerprint density at radius 3 is 2.93 bits per heavy atom. The summed E-state index contributed by atoms with van der Waals surface area (Å²) in [5, 5.41) is 11.4. The second-order valence-corrected chi connectivity index (χ2v) is 7.65. The van der Waals surface area contributed by atoms with Gasteiger partial charge in [-0.1, -0.05) is 13.0 Å². The largest absolute Gasteiger partial charge is 0.493 e. The number of nitrogen functional groups attached to an aromatic ring is 1. The second kappa shape index (κ2) is 7.34. The molecule has 0 bridgehead atoms. The zero-order valence-corrected chi connectivity index (χ0v) is 15.8. The molecule has 27 heavy (non-hydrogen) atoms. The van der Waals surface area contributed by atoms with E-state index < -0.39 is 11.6 Å². The van der Waals surface area contributed by atoms with E-state index in [0.29, 0.717) is 25.5 Å². The number of ether oxygens (including phenoxy) is 2. The van der Waals surface area contributed by atoms with Gasteiger partial charge in [-0.25, -0.2) is 9.78 Å². The van der Waals surface area contributed by atoms with Gasteiger partial charge in [-0.15, -0.1) is 0 Å². The summed E-state index contributed by atoms with van der Waals surface area (Å²) in [6.45, 7) is 6.73. The summed E-state index contributed by atoms with van der Waals surface area (Å²) >= 11 is 0. The lowest BCUT2D eigenvalue weighted by molar-refractivity contribution is 0.169. The molecule has 0 saturated carbocycles. The molecular formula is C20H25N3O4. The van der Waals surface area contributed by atoms with Crippen LogP contribution in [0.1, 0.15) is 32.8 Å². The van der Waals surface area contributed by atoms with Crippen LogP contribution >= 0.6 is 0 Å². The van der Waals surface area contributed by atoms with Crippen LogP contribution in [0, 0.1) is 5.92 Å². The quantitative estimate of drug-likeness (QED) is 0.715. The number of carbonyl (C=O) groups is 1. The first-order valence-electron chi connectivity index (χ1n) is 8.89. The summed E-state index contributed by atoms with van der Waals surface area (Å²) in [6.07, 6.45) is 1.30. The van der Waals surface area contributed by atoms with Gasteiger partial charge < -0.3 is 25.6 Å². The van der Waals surface area contributed by atoms with Gasteiger partial charge in [0.1, 0.15) is 23.9 Å². The van der Waals surface area contributed by atoms with Crippen molar-refractivity contribution < 1.29 is 19.4 Å². The van der Waals surface area contributed by atoms with Gasteiger partial charge in [0.05, 0.1) is 12.8 Å². The van der Waals surface area contributed by atoms with Crippen molar-refractivity contribution in [1.29, 1.82) is 0 Å². The van der Waals surface area contributed by atoms with E-state index >= 15 is 0 Å². The molecule has 1 amide bonds. The summed E-state index contributed by atoms with van der Waals surface area (Å²) in [6, 6.07) is 7.72. The number of amides is 1. The van der Waals surface area contributed by atoms with Crippen LogP contribution in [0.3, 0.4) is 0 Å². The summed E-state index contributed by atoms with van der Waals surface area (Å²) in [5.74, 6) is 2.13. The van der Waals surface area contributed by atoms with Crippen molar-refractivity contribution in [1.82, 2.24) is 10.3 Å². The number of nitrogens with two attached hydrogens (primary N) is 1. The molecule has 3 rings (SSSR count). The van der Waals surface area contributed by atoms with Gasteiger partial charge in [-0.2, -0.15) is 0 Å². The van der Waals surface area contributed by atoms with E-state index in [4.69, 9.17) is 20.3 Å². The highest BCUT2D eigenvalue weighted by Crippen LogP contribution is 2.39. The van der Waals surface area contributed by atoms with Crippen LogP contribution < -0.4 is 20.5 Å². The van der Waals surface area contributed by atoms with Crippen LogP contribution in [0.4, 0.5) is 10.6 Å². The number of anilines is 1. The molecule has 7 heteroatoms. The minimum Gasteiger partial charge on any atom is -0.493 e. The summed E-state index contributed by atoms with van der Waals surface area (Å²) < 4.78 is 11.7. The van der Waals surface area contributed by atoms with Crippen LogP contribution in [0.2, 0.25) is 0 Å². The molecule has 7 nitrogen and oxygen atoms in total. The Kier molecular flexibility index (Phi) is 5.12. The zero-order valence-electron chi connectivity index (χ0n) is 15.8. The maximum atomic E-state index is 10.9. The normalized spacial score (nSPS) is 13.7. The van der Waals surface area contributed by atoms with Crippen LogP contribution in [0.15, 0.2) is 30.5 Å². The standard InChI is InChI=1S/C20H25N3O4/c1-12(8-20(2,3)23-19(24)25)10-26-14-4-5-15-13(6-14)11-27-17-9-22-18(21)7-16(15)17/h4-7,9,12,23H,8,10-11H2,1-3H3,(H2,21,22)(H,24,25)/t12-/m0/s1. The first-order chi connectivity index (χ1) is 12.7. The fraction of sp³-hybridized carbons (Fsp3) is 0.400. The number of pyridine rings is 1. The third-order valence-corrected chi connectivity index (χ3v) is 4.48. The average Bonchev–Trinajstić information content (AvgIpc) is 2.58. The average molecular weight is 371 g/mol. The molecular weight excluding hydrogens is 346 g/mol. The van der Waals surface area contributed by atoms with E-state index in [-0.39, 0.29) is 5.92 Å². The SMILES string of the molecule is C[C@H](COc1ccc2c(c1)COc1cnc(N)cc1-2)CC(C)(C)NC(=O)O. The van der Waals surface area contributed by atoms with Gasteiger partial charge in [-0.05, 0) is 49.9 Å². The van der Waals surface area contributed by atoms with E-state index in [9.17, 15) is 4.79 Å². The smallest absolute Gasteiger partial charge is 0.405 e. The number of benzene rings is 1. The molecule has 0 aliphatic carbocycles. The summed E-state index contributed by atoms with van der Waals surface area (Å²) in [4.78, 5) is 14.9. The van der Waals surface area contributed by atoms with Crippen molar-refractivity contribution in [2.75, 3.05) is 12.3 Å². The molecule has 1 aliphatic heterocycles. The molecule has 0 saturated heterocycles. The number of rotatable bonds is 6. The number of nitrogens with zero attached hydrogens (tertiary/aromatic N) is 1. The number of fused-ring (bicyclic) bond motifs is 3. The fourth-order valence-corrected chi connectivity index (χ4v) is 3.49. The Bertz CT molecular complexity index is 851. The summed E-state index contributed by atoms with van der Waals surface area (Å²) in [5.41, 5.74) is 8.33. The monoisotopic (exact) mass is 371 g/mol. The molecule has 1 aromatic carbocycles. The molecule has 1 aromatic heterocycles. The van der Waals surface area contributed by atoms with E-state index in [2.05, 4.69) is 10.3 Å². The highest BCUT2D eigenvalue weighted by Gasteiger charge is 2.23. The minimum absolute atomic E-state index is 0.186. The molecule has 0 fully saturated rings. The van der Waals surface area contributed by atoms with Crippen LogP contribution in [-0.2, 0) is 6.61 Å². The van der Waals surface area contributed by atoms with Crippen molar-refractivity contribution in [3.8, 4) is 22.6 Å². The molecule has 1 aliphatic rings. The van der Waals surface area contributed by atoms with Gasteiger partial charge in [0.25, 0.3) is 0 Å². The van der Waals surface area contributed by atoms with Crippen LogP contribution in [-0.4, -0.2) is 28.3 Å². The minimum atomic E-state index is -1.01. The Hall–Kier alpha value is -2.96. The summed E-state index contributed by atoms with van der Waals surface area (Å²) in [7, 11) is 0. The predicted octanol–water partition coefficient (Wildman–Crippen LogP) is 3.67. The number of hydrogen-bond acceptors (Lipinski definition) is 5. The Labute approximate surface area is 158 Å². The van der Waals surface area contributed by atoms with Crippen molar-refractivity contribution in [2.24, 2.45) is 5.92 Å². The van der Waals surface area contributed by atoms with E-state index in [0.717, 1.165) is 28.2 Å². The third kappa shape index (κ3) is 4.61. The zero-order chi connectivity index (χ0) is 19.6. The van der Waals surface area contributed by atoms with Gasteiger partial charge in [0.15, 0.2) is 0 Å². The molecule has 4 N–H and O–H groups in total. The molecule has 0 radical (unpaired) electrons. The number of hydrogen-bond donors (Lipinski definition) is 3. The molecule has 1 atom stereocenters. The lowest BCUT2D eigenvalue weighted by atomic mass is 9.92. The molecule has 144 valence electrons. The van der Waals surface area contributed by atoms with E-state index in [1.807, 2.05) is 45.0 Å². The van der Waals surface area contributed by atoms with Crippen molar-refractivity contribution in [2.45, 2.75) is 39.3 Å². The molecule has 0 spiro atoms. The Morgan fingerprint density at radius 1 is 1.41 bits per heavy atom.